The van der Waals surface area contributed by atoms with Crippen molar-refractivity contribution < 1.29 is 24.2 Å². The van der Waals surface area contributed by atoms with Crippen LogP contribution in [-0.2, 0) is 13.0 Å². The van der Waals surface area contributed by atoms with Gasteiger partial charge in [0.25, 0.3) is 5.91 Å². The molecular formula is C24H24N4O5. The third-order valence-corrected chi connectivity index (χ3v) is 5.67. The van der Waals surface area contributed by atoms with Crippen molar-refractivity contribution >= 4 is 23.4 Å². The first-order chi connectivity index (χ1) is 15.9. The molecule has 0 saturated heterocycles. The smallest absolute Gasteiger partial charge is 0.335 e. The van der Waals surface area contributed by atoms with Crippen LogP contribution in [0.15, 0.2) is 42.7 Å². The Bertz CT molecular complexity index is 1230. The van der Waals surface area contributed by atoms with Crippen LogP contribution in [-0.4, -0.2) is 52.6 Å². The highest BCUT2D eigenvalue weighted by Crippen LogP contribution is 2.30. The first-order valence-corrected chi connectivity index (χ1v) is 10.4. The number of rotatable bonds is 6. The summed E-state index contributed by atoms with van der Waals surface area (Å²) in [6.45, 7) is 2.70. The molecule has 33 heavy (non-hydrogen) atoms. The average Bonchev–Trinajstić information content (AvgIpc) is 2.84. The van der Waals surface area contributed by atoms with E-state index in [-0.39, 0.29) is 11.5 Å². The Morgan fingerprint density at radius 3 is 2.64 bits per heavy atom. The zero-order valence-electron chi connectivity index (χ0n) is 18.6. The lowest BCUT2D eigenvalue weighted by Gasteiger charge is -2.29. The third-order valence-electron chi connectivity index (χ3n) is 5.67. The number of methoxy groups -OCH3 is 2. The fourth-order valence-electron chi connectivity index (χ4n) is 3.80. The van der Waals surface area contributed by atoms with Gasteiger partial charge in [-0.15, -0.1) is 0 Å². The average molecular weight is 448 g/mol. The number of amides is 1. The van der Waals surface area contributed by atoms with Crippen LogP contribution in [0.5, 0.6) is 11.5 Å². The van der Waals surface area contributed by atoms with Gasteiger partial charge >= 0.3 is 5.97 Å². The molecule has 170 valence electrons. The first kappa shape index (κ1) is 22.1. The van der Waals surface area contributed by atoms with Crippen molar-refractivity contribution in [3.8, 4) is 11.5 Å². The summed E-state index contributed by atoms with van der Waals surface area (Å²) in [5, 5.41) is 12.5. The molecule has 0 saturated carbocycles. The largest absolute Gasteiger partial charge is 0.497 e. The summed E-state index contributed by atoms with van der Waals surface area (Å²) in [5.74, 6) is 0.519. The van der Waals surface area contributed by atoms with Gasteiger partial charge in [-0.25, -0.2) is 14.8 Å². The Labute approximate surface area is 191 Å². The Hall–Kier alpha value is -4.14. The number of fused-ring (bicyclic) bond motifs is 1. The summed E-state index contributed by atoms with van der Waals surface area (Å²) >= 11 is 0. The molecule has 1 aromatic heterocycles. The van der Waals surface area contributed by atoms with Crippen molar-refractivity contribution in [1.82, 2.24) is 14.9 Å². The van der Waals surface area contributed by atoms with Crippen molar-refractivity contribution in [3.63, 3.8) is 0 Å². The number of anilines is 2. The van der Waals surface area contributed by atoms with E-state index >= 15 is 0 Å². The minimum absolute atomic E-state index is 0.154. The van der Waals surface area contributed by atoms with Gasteiger partial charge in [0.05, 0.1) is 37.6 Å². The quantitative estimate of drug-likeness (QED) is 0.590. The summed E-state index contributed by atoms with van der Waals surface area (Å²) in [5.41, 5.74) is 3.85. The molecule has 1 aliphatic heterocycles. The summed E-state index contributed by atoms with van der Waals surface area (Å²) in [7, 11) is 3.08. The van der Waals surface area contributed by atoms with Crippen molar-refractivity contribution in [3.05, 3.63) is 70.7 Å². The lowest BCUT2D eigenvalue weighted by molar-refractivity contribution is 0.0694. The van der Waals surface area contributed by atoms with E-state index in [4.69, 9.17) is 9.47 Å². The maximum atomic E-state index is 13.2. The SMILES string of the molecule is COc1ccc(C(=O)N2CCc3c(ncnc3Nc3cc(C(=O)O)ccc3C)C2)c(OC)c1. The lowest BCUT2D eigenvalue weighted by atomic mass is 10.0. The zero-order valence-corrected chi connectivity index (χ0v) is 18.6. The molecular weight excluding hydrogens is 424 g/mol. The van der Waals surface area contributed by atoms with Gasteiger partial charge in [-0.3, -0.25) is 4.79 Å². The number of hydrogen-bond donors (Lipinski definition) is 2. The summed E-state index contributed by atoms with van der Waals surface area (Å²) in [6, 6.07) is 10.0. The summed E-state index contributed by atoms with van der Waals surface area (Å²) in [4.78, 5) is 35.0. The van der Waals surface area contributed by atoms with Crippen LogP contribution < -0.4 is 14.8 Å². The van der Waals surface area contributed by atoms with Crippen molar-refractivity contribution in [2.75, 3.05) is 26.1 Å². The number of benzene rings is 2. The normalized spacial score (nSPS) is 12.6. The minimum Gasteiger partial charge on any atom is -0.497 e. The molecule has 4 rings (SSSR count). The highest BCUT2D eigenvalue weighted by molar-refractivity contribution is 5.97. The van der Waals surface area contributed by atoms with E-state index in [0.717, 1.165) is 16.8 Å². The van der Waals surface area contributed by atoms with Crippen molar-refractivity contribution in [2.24, 2.45) is 0 Å². The van der Waals surface area contributed by atoms with Crippen LogP contribution in [0.2, 0.25) is 0 Å². The number of nitrogens with zero attached hydrogens (tertiary/aromatic N) is 3. The minimum atomic E-state index is -0.995. The number of hydrogen-bond acceptors (Lipinski definition) is 7. The molecule has 9 nitrogen and oxygen atoms in total. The number of aromatic nitrogens is 2. The number of nitrogens with one attached hydrogen (secondary N) is 1. The molecule has 0 bridgehead atoms. The number of carboxylic acids is 1. The number of carbonyl (C=O) groups is 2. The van der Waals surface area contributed by atoms with E-state index in [9.17, 15) is 14.7 Å². The fourth-order valence-corrected chi connectivity index (χ4v) is 3.80. The van der Waals surface area contributed by atoms with E-state index in [1.807, 2.05) is 6.92 Å². The van der Waals surface area contributed by atoms with Crippen LogP contribution in [0.25, 0.3) is 0 Å². The number of aromatic carboxylic acids is 1. The van der Waals surface area contributed by atoms with Gasteiger partial charge in [-0.2, -0.15) is 0 Å². The molecule has 2 aromatic carbocycles. The second kappa shape index (κ2) is 9.15. The van der Waals surface area contributed by atoms with Gasteiger partial charge in [0.1, 0.15) is 23.6 Å². The van der Waals surface area contributed by atoms with E-state index in [2.05, 4.69) is 15.3 Å². The molecule has 0 radical (unpaired) electrons. The molecule has 0 fully saturated rings. The molecule has 1 aliphatic rings. The number of ether oxygens (including phenoxy) is 2. The Kier molecular flexibility index (Phi) is 6.12. The summed E-state index contributed by atoms with van der Waals surface area (Å²) in [6.07, 6.45) is 2.00. The molecule has 0 spiro atoms. The van der Waals surface area contributed by atoms with Crippen LogP contribution >= 0.6 is 0 Å². The molecule has 0 atom stereocenters. The van der Waals surface area contributed by atoms with Gasteiger partial charge in [0, 0.05) is 23.9 Å². The highest BCUT2D eigenvalue weighted by atomic mass is 16.5. The predicted octanol–water partition coefficient (Wildman–Crippen LogP) is 3.44. The molecule has 1 amide bonds. The summed E-state index contributed by atoms with van der Waals surface area (Å²) < 4.78 is 10.6. The topological polar surface area (TPSA) is 114 Å². The molecule has 9 heteroatoms. The maximum absolute atomic E-state index is 13.2. The van der Waals surface area contributed by atoms with E-state index in [1.54, 1.807) is 48.4 Å². The van der Waals surface area contributed by atoms with Crippen LogP contribution in [0.1, 0.15) is 37.5 Å². The molecule has 3 aromatic rings. The van der Waals surface area contributed by atoms with Crippen LogP contribution in [0.3, 0.4) is 0 Å². The Morgan fingerprint density at radius 2 is 1.91 bits per heavy atom. The highest BCUT2D eigenvalue weighted by Gasteiger charge is 2.27. The second-order valence-corrected chi connectivity index (χ2v) is 7.65. The van der Waals surface area contributed by atoms with E-state index < -0.39 is 5.97 Å². The van der Waals surface area contributed by atoms with Crippen LogP contribution in [0.4, 0.5) is 11.5 Å². The lowest BCUT2D eigenvalue weighted by Crippen LogP contribution is -2.37. The first-order valence-electron chi connectivity index (χ1n) is 10.4. The van der Waals surface area contributed by atoms with Gasteiger partial charge in [-0.1, -0.05) is 6.07 Å². The fraction of sp³-hybridized carbons (Fsp3) is 0.250. The Balaban J connectivity index is 1.58. The predicted molar refractivity (Wildman–Crippen MR) is 121 cm³/mol. The maximum Gasteiger partial charge on any atom is 0.335 e. The monoisotopic (exact) mass is 448 g/mol. The molecule has 0 aliphatic carbocycles. The van der Waals surface area contributed by atoms with Gasteiger partial charge < -0.3 is 24.8 Å². The van der Waals surface area contributed by atoms with Crippen molar-refractivity contribution in [1.29, 1.82) is 0 Å². The van der Waals surface area contributed by atoms with E-state index in [0.29, 0.717) is 48.1 Å². The van der Waals surface area contributed by atoms with Gasteiger partial charge in [-0.05, 0) is 43.2 Å². The van der Waals surface area contributed by atoms with Crippen molar-refractivity contribution in [2.45, 2.75) is 19.9 Å². The molecule has 2 N–H and O–H groups in total. The number of aryl methyl sites for hydroxylation is 1. The Morgan fingerprint density at radius 1 is 1.09 bits per heavy atom. The van der Waals surface area contributed by atoms with E-state index in [1.165, 1.54) is 13.4 Å². The number of carboxylic acid groups (broad SMARTS) is 1. The molecule has 2 heterocycles. The standard InChI is InChI=1S/C24H24N4O5/c1-14-4-5-15(24(30)31)10-19(14)27-22-17-8-9-28(12-20(17)25-13-26-22)23(29)18-7-6-16(32-2)11-21(18)33-3/h4-7,10-11,13H,8-9,12H2,1-3H3,(H,30,31)(H,25,26,27). The molecule has 0 unspecified atom stereocenters. The zero-order chi connectivity index (χ0) is 23.5. The van der Waals surface area contributed by atoms with Gasteiger partial charge in [0.2, 0.25) is 0 Å². The second-order valence-electron chi connectivity index (χ2n) is 7.65. The van der Waals surface area contributed by atoms with Crippen LogP contribution in [0, 0.1) is 6.92 Å². The van der Waals surface area contributed by atoms with Gasteiger partial charge in [0.15, 0.2) is 0 Å². The number of carbonyl (C=O) groups excluding carboxylic acids is 1. The third kappa shape index (κ3) is 4.43.